The van der Waals surface area contributed by atoms with Crippen LogP contribution in [0.3, 0.4) is 0 Å². The van der Waals surface area contributed by atoms with E-state index in [1.807, 2.05) is 42.5 Å². The zero-order chi connectivity index (χ0) is 24.8. The summed E-state index contributed by atoms with van der Waals surface area (Å²) in [5.41, 5.74) is 6.50. The van der Waals surface area contributed by atoms with Crippen LogP contribution in [0.15, 0.2) is 54.6 Å². The molecule has 0 aliphatic carbocycles. The van der Waals surface area contributed by atoms with Crippen LogP contribution >= 0.6 is 0 Å². The molecule has 6 nitrogen and oxygen atoms in total. The van der Waals surface area contributed by atoms with E-state index in [0.29, 0.717) is 44.2 Å². The smallest absolute Gasteiger partial charge is 0.304 e. The maximum Gasteiger partial charge on any atom is 0.304 e. The second kappa shape index (κ2) is 11.1. The highest BCUT2D eigenvalue weighted by Gasteiger charge is 2.26. The van der Waals surface area contributed by atoms with Gasteiger partial charge in [0.25, 0.3) is 0 Å². The van der Waals surface area contributed by atoms with Crippen molar-refractivity contribution in [2.75, 3.05) is 13.2 Å². The number of benzene rings is 3. The van der Waals surface area contributed by atoms with Gasteiger partial charge in [-0.05, 0) is 72.4 Å². The average Bonchev–Trinajstić information content (AvgIpc) is 3.22. The summed E-state index contributed by atoms with van der Waals surface area (Å²) >= 11 is 0. The molecule has 0 saturated carbocycles. The third kappa shape index (κ3) is 6.01. The number of carbonyl (C=O) groups excluding carboxylic acids is 1. The molecule has 1 heterocycles. The van der Waals surface area contributed by atoms with Gasteiger partial charge in [-0.25, -0.2) is 0 Å². The number of ether oxygens (including phenoxy) is 3. The molecule has 0 amide bonds. The number of carbonyl (C=O) groups is 2. The number of hydrogen-bond donors (Lipinski definition) is 1. The van der Waals surface area contributed by atoms with Crippen molar-refractivity contribution in [1.29, 1.82) is 0 Å². The summed E-state index contributed by atoms with van der Waals surface area (Å²) < 4.78 is 17.5. The molecule has 0 bridgehead atoms. The molecule has 1 N–H and O–H groups in total. The van der Waals surface area contributed by atoms with Crippen LogP contribution in [0.5, 0.6) is 17.2 Å². The first-order valence-corrected chi connectivity index (χ1v) is 11.8. The maximum atomic E-state index is 11.0. The van der Waals surface area contributed by atoms with Crippen LogP contribution in [0.2, 0.25) is 0 Å². The molecule has 0 aromatic heterocycles. The third-order valence-corrected chi connectivity index (χ3v) is 6.15. The molecule has 0 spiro atoms. The summed E-state index contributed by atoms with van der Waals surface area (Å²) in [5, 5.41) is 9.07. The van der Waals surface area contributed by atoms with Crippen molar-refractivity contribution in [3.8, 4) is 28.4 Å². The van der Waals surface area contributed by atoms with E-state index in [-0.39, 0.29) is 12.3 Å². The lowest BCUT2D eigenvalue weighted by Gasteiger charge is -2.15. The SMILES string of the molecule is Cc1cc(OCCCC=O)cc(C)c1-c1cccc(COc2ccc3c(c2)OCC3CC(=O)O)c1. The summed E-state index contributed by atoms with van der Waals surface area (Å²) in [7, 11) is 0. The van der Waals surface area contributed by atoms with Gasteiger partial charge in [0, 0.05) is 24.0 Å². The zero-order valence-corrected chi connectivity index (χ0v) is 20.1. The Kier molecular flexibility index (Phi) is 7.70. The number of carboxylic acid groups (broad SMARTS) is 1. The Bertz CT molecular complexity index is 1190. The number of rotatable bonds is 11. The van der Waals surface area contributed by atoms with Crippen molar-refractivity contribution in [1.82, 2.24) is 0 Å². The Morgan fingerprint density at radius 1 is 1.06 bits per heavy atom. The van der Waals surface area contributed by atoms with Crippen molar-refractivity contribution >= 4 is 12.3 Å². The lowest BCUT2D eigenvalue weighted by Crippen LogP contribution is -2.07. The average molecular weight is 475 g/mol. The minimum Gasteiger partial charge on any atom is -0.494 e. The molecule has 3 aromatic rings. The molecule has 182 valence electrons. The van der Waals surface area contributed by atoms with Crippen molar-refractivity contribution < 1.29 is 28.9 Å². The molecular formula is C29H30O6. The molecule has 1 atom stereocenters. The fourth-order valence-corrected chi connectivity index (χ4v) is 4.53. The third-order valence-electron chi connectivity index (χ3n) is 6.15. The van der Waals surface area contributed by atoms with E-state index in [1.54, 1.807) is 0 Å². The standard InChI is InChI=1S/C29H30O6/c1-19-12-25(33-11-4-3-10-30)13-20(2)29(19)22-7-5-6-21(14-22)17-34-24-8-9-26-23(15-28(31)32)18-35-27(26)16-24/h5-10,12-14,16,23H,3-4,11,15,17-18H2,1-2H3,(H,31,32). The van der Waals surface area contributed by atoms with Gasteiger partial charge in [-0.3, -0.25) is 4.79 Å². The van der Waals surface area contributed by atoms with Gasteiger partial charge in [-0.1, -0.05) is 24.3 Å². The predicted molar refractivity (Wildman–Crippen MR) is 133 cm³/mol. The van der Waals surface area contributed by atoms with Crippen LogP contribution in [0.4, 0.5) is 0 Å². The lowest BCUT2D eigenvalue weighted by molar-refractivity contribution is -0.137. The molecular weight excluding hydrogens is 444 g/mol. The second-order valence-corrected chi connectivity index (χ2v) is 8.88. The fourth-order valence-electron chi connectivity index (χ4n) is 4.53. The summed E-state index contributed by atoms with van der Waals surface area (Å²) in [5.74, 6) is 1.26. The monoisotopic (exact) mass is 474 g/mol. The van der Waals surface area contributed by atoms with Gasteiger partial charge in [-0.2, -0.15) is 0 Å². The van der Waals surface area contributed by atoms with Crippen molar-refractivity contribution in [2.24, 2.45) is 0 Å². The van der Waals surface area contributed by atoms with Gasteiger partial charge in [0.15, 0.2) is 0 Å². The van der Waals surface area contributed by atoms with Gasteiger partial charge in [-0.15, -0.1) is 0 Å². The quantitative estimate of drug-likeness (QED) is 0.277. The molecule has 35 heavy (non-hydrogen) atoms. The van der Waals surface area contributed by atoms with Gasteiger partial charge < -0.3 is 24.1 Å². The van der Waals surface area contributed by atoms with Crippen molar-refractivity contribution in [3.05, 3.63) is 76.9 Å². The number of unbranched alkanes of at least 4 members (excludes halogenated alkanes) is 1. The molecule has 4 rings (SSSR count). The van der Waals surface area contributed by atoms with E-state index >= 15 is 0 Å². The number of aliphatic carboxylic acids is 1. The lowest BCUT2D eigenvalue weighted by atomic mass is 9.94. The van der Waals surface area contributed by atoms with E-state index in [1.165, 1.54) is 5.56 Å². The first kappa shape index (κ1) is 24.3. The minimum atomic E-state index is -0.825. The molecule has 1 unspecified atom stereocenters. The van der Waals surface area contributed by atoms with E-state index < -0.39 is 5.97 Å². The Labute approximate surface area is 205 Å². The normalized spacial score (nSPS) is 14.2. The van der Waals surface area contributed by atoms with Crippen LogP contribution in [-0.4, -0.2) is 30.6 Å². The van der Waals surface area contributed by atoms with Gasteiger partial charge in [0.2, 0.25) is 0 Å². The molecule has 1 aliphatic heterocycles. The Hall–Kier alpha value is -3.80. The number of aldehydes is 1. The highest BCUT2D eigenvalue weighted by Crippen LogP contribution is 2.38. The van der Waals surface area contributed by atoms with Crippen molar-refractivity contribution in [3.63, 3.8) is 0 Å². The maximum absolute atomic E-state index is 11.0. The van der Waals surface area contributed by atoms with Crippen LogP contribution in [0.25, 0.3) is 11.1 Å². The van der Waals surface area contributed by atoms with Gasteiger partial charge in [0.1, 0.15) is 30.1 Å². The molecule has 6 heteroatoms. The fraction of sp³-hybridized carbons (Fsp3) is 0.310. The van der Waals surface area contributed by atoms with E-state index in [9.17, 15) is 9.59 Å². The molecule has 0 fully saturated rings. The predicted octanol–water partition coefficient (Wildman–Crippen LogP) is 5.86. The van der Waals surface area contributed by atoms with Gasteiger partial charge >= 0.3 is 5.97 Å². The topological polar surface area (TPSA) is 82.1 Å². The van der Waals surface area contributed by atoms with Crippen LogP contribution in [0.1, 0.15) is 47.4 Å². The van der Waals surface area contributed by atoms with E-state index in [2.05, 4.69) is 26.0 Å². The molecule has 0 radical (unpaired) electrons. The van der Waals surface area contributed by atoms with Crippen LogP contribution in [0, 0.1) is 13.8 Å². The number of hydrogen-bond acceptors (Lipinski definition) is 5. The van der Waals surface area contributed by atoms with Gasteiger partial charge in [0.05, 0.1) is 19.6 Å². The van der Waals surface area contributed by atoms with Crippen molar-refractivity contribution in [2.45, 2.75) is 45.6 Å². The molecule has 1 aliphatic rings. The highest BCUT2D eigenvalue weighted by molar-refractivity contribution is 5.72. The number of carboxylic acids is 1. The second-order valence-electron chi connectivity index (χ2n) is 8.88. The molecule has 0 saturated heterocycles. The largest absolute Gasteiger partial charge is 0.494 e. The summed E-state index contributed by atoms with van der Waals surface area (Å²) in [6, 6.07) is 18.0. The van der Waals surface area contributed by atoms with E-state index in [0.717, 1.165) is 39.9 Å². The Balaban J connectivity index is 1.44. The Morgan fingerprint density at radius 2 is 1.86 bits per heavy atom. The number of fused-ring (bicyclic) bond motifs is 1. The van der Waals surface area contributed by atoms with Crippen LogP contribution in [-0.2, 0) is 16.2 Å². The Morgan fingerprint density at radius 3 is 2.60 bits per heavy atom. The summed E-state index contributed by atoms with van der Waals surface area (Å²) in [4.78, 5) is 21.5. The summed E-state index contributed by atoms with van der Waals surface area (Å²) in [6.45, 7) is 5.46. The zero-order valence-electron chi connectivity index (χ0n) is 20.1. The molecule has 3 aromatic carbocycles. The van der Waals surface area contributed by atoms with Crippen LogP contribution < -0.4 is 14.2 Å². The van der Waals surface area contributed by atoms with E-state index in [4.69, 9.17) is 19.3 Å². The first-order valence-electron chi connectivity index (χ1n) is 11.8. The first-order chi connectivity index (χ1) is 16.9. The minimum absolute atomic E-state index is 0.0616. The number of aryl methyl sites for hydroxylation is 2. The highest BCUT2D eigenvalue weighted by atomic mass is 16.5. The summed E-state index contributed by atoms with van der Waals surface area (Å²) in [6.07, 6.45) is 2.20.